The van der Waals surface area contributed by atoms with Crippen LogP contribution in [-0.4, -0.2) is 72.3 Å². The van der Waals surface area contributed by atoms with Crippen LogP contribution in [-0.2, 0) is 18.1 Å². The Morgan fingerprint density at radius 3 is 2.70 bits per heavy atom. The fraction of sp³-hybridized carbons (Fsp3) is 0.545. The molecule has 11 heteroatoms. The number of anilines is 1. The van der Waals surface area contributed by atoms with E-state index < -0.39 is 11.7 Å². The van der Waals surface area contributed by atoms with Gasteiger partial charge < -0.3 is 19.7 Å². The summed E-state index contributed by atoms with van der Waals surface area (Å²) in [5, 5.41) is 3.64. The van der Waals surface area contributed by atoms with Crippen LogP contribution < -0.4 is 19.7 Å². The highest BCUT2D eigenvalue weighted by Gasteiger charge is 2.50. The highest BCUT2D eigenvalue weighted by atomic mass is 19.4. The van der Waals surface area contributed by atoms with Crippen molar-refractivity contribution in [1.29, 1.82) is 0 Å². The molecule has 2 fully saturated rings. The normalized spacial score (nSPS) is 24.0. The van der Waals surface area contributed by atoms with Gasteiger partial charge in [-0.3, -0.25) is 9.88 Å². The molecule has 1 spiro atoms. The number of nitrogens with zero attached hydrogens (tertiary/aromatic N) is 5. The first-order valence-electron chi connectivity index (χ1n) is 15.7. The molecule has 3 atom stereocenters. The molecule has 0 radical (unpaired) electrons. The van der Waals surface area contributed by atoms with Crippen LogP contribution in [0.5, 0.6) is 11.6 Å². The molecule has 6 heterocycles. The summed E-state index contributed by atoms with van der Waals surface area (Å²) in [6.07, 6.45) is 2.37. The van der Waals surface area contributed by atoms with Gasteiger partial charge in [-0.25, -0.2) is 9.97 Å². The molecule has 3 aromatic heterocycles. The fourth-order valence-corrected chi connectivity index (χ4v) is 7.62. The van der Waals surface area contributed by atoms with E-state index in [4.69, 9.17) is 14.5 Å². The Hall–Kier alpha value is -3.44. The zero-order valence-electron chi connectivity index (χ0n) is 25.7. The lowest BCUT2D eigenvalue weighted by Crippen LogP contribution is -2.58. The van der Waals surface area contributed by atoms with Crippen molar-refractivity contribution in [3.8, 4) is 22.9 Å². The summed E-state index contributed by atoms with van der Waals surface area (Å²) < 4.78 is 53.8. The molecule has 3 aromatic rings. The maximum absolute atomic E-state index is 14.3. The minimum absolute atomic E-state index is 0.0540. The van der Waals surface area contributed by atoms with Crippen LogP contribution in [0.15, 0.2) is 42.7 Å². The molecule has 0 aliphatic carbocycles. The summed E-state index contributed by atoms with van der Waals surface area (Å²) >= 11 is 0. The van der Waals surface area contributed by atoms with E-state index in [1.807, 2.05) is 24.0 Å². The molecule has 1 N–H and O–H groups in total. The third-order valence-corrected chi connectivity index (χ3v) is 9.60. The first-order valence-corrected chi connectivity index (χ1v) is 15.7. The van der Waals surface area contributed by atoms with Crippen LogP contribution in [0.3, 0.4) is 0 Å². The molecule has 6 rings (SSSR count). The van der Waals surface area contributed by atoms with Gasteiger partial charge in [0, 0.05) is 56.6 Å². The number of rotatable bonds is 8. The molecule has 8 nitrogen and oxygen atoms in total. The van der Waals surface area contributed by atoms with E-state index in [9.17, 15) is 13.2 Å². The van der Waals surface area contributed by atoms with Crippen molar-refractivity contribution in [2.24, 2.45) is 5.92 Å². The van der Waals surface area contributed by atoms with Crippen LogP contribution in [0, 0.1) is 5.92 Å². The second-order valence-electron chi connectivity index (χ2n) is 12.1. The van der Waals surface area contributed by atoms with E-state index >= 15 is 0 Å². The van der Waals surface area contributed by atoms with Gasteiger partial charge in [-0.15, -0.1) is 0 Å². The molecular weight excluding hydrogens is 569 g/mol. The molecule has 0 amide bonds. The number of alkyl halides is 3. The number of ether oxygens (including phenoxy) is 2. The summed E-state index contributed by atoms with van der Waals surface area (Å²) in [5.74, 6) is 0.397. The van der Waals surface area contributed by atoms with Gasteiger partial charge in [-0.2, -0.15) is 13.2 Å². The van der Waals surface area contributed by atoms with E-state index in [1.54, 1.807) is 6.20 Å². The summed E-state index contributed by atoms with van der Waals surface area (Å²) in [6, 6.07) is 9.84. The van der Waals surface area contributed by atoms with Crippen molar-refractivity contribution in [3.63, 3.8) is 0 Å². The minimum Gasteiger partial charge on any atom is -0.496 e. The summed E-state index contributed by atoms with van der Waals surface area (Å²) in [7, 11) is 1.27. The van der Waals surface area contributed by atoms with E-state index in [-0.39, 0.29) is 22.9 Å². The number of aromatic nitrogens is 3. The van der Waals surface area contributed by atoms with Gasteiger partial charge in [0.1, 0.15) is 17.1 Å². The number of hydrogen-bond donors (Lipinski definition) is 1. The van der Waals surface area contributed by atoms with Gasteiger partial charge in [-0.1, -0.05) is 19.4 Å². The number of methoxy groups -OCH3 is 1. The van der Waals surface area contributed by atoms with Crippen molar-refractivity contribution in [2.75, 3.05) is 51.3 Å². The van der Waals surface area contributed by atoms with Gasteiger partial charge in [0.2, 0.25) is 5.88 Å². The summed E-state index contributed by atoms with van der Waals surface area (Å²) in [4.78, 5) is 18.3. The standard InChI is InChI=1S/C33H41F3N6O2/c1-4-22-18-42(30-29(33(34,35)36)28(43-3)12-16-38-30)17-13-32(22)21-41(19-23-8-6-14-37-23)20-27-25(32)10-11-26(40-27)24-9-7-15-39-31(24)44-5-2/h7,9-12,15-16,22-23,37H,4-6,8,13-14,17-21H2,1-3H3/t22?,23-,32?/m1/s1. The molecule has 236 valence electrons. The Balaban J connectivity index is 1.39. The minimum atomic E-state index is -4.58. The monoisotopic (exact) mass is 610 g/mol. The molecule has 44 heavy (non-hydrogen) atoms. The Labute approximate surface area is 257 Å². The molecule has 3 aliphatic heterocycles. The third-order valence-electron chi connectivity index (χ3n) is 9.60. The quantitative estimate of drug-likeness (QED) is 0.348. The van der Waals surface area contributed by atoms with Crippen LogP contribution in [0.25, 0.3) is 11.3 Å². The number of hydrogen-bond acceptors (Lipinski definition) is 8. The number of nitrogens with one attached hydrogen (secondary N) is 1. The van der Waals surface area contributed by atoms with Gasteiger partial charge in [0.05, 0.1) is 30.7 Å². The molecule has 0 aromatic carbocycles. The van der Waals surface area contributed by atoms with Gasteiger partial charge >= 0.3 is 6.18 Å². The summed E-state index contributed by atoms with van der Waals surface area (Å²) in [6.45, 7) is 9.03. The lowest BCUT2D eigenvalue weighted by atomic mass is 9.62. The average molecular weight is 611 g/mol. The second kappa shape index (κ2) is 12.5. The molecule has 2 saturated heterocycles. The average Bonchev–Trinajstić information content (AvgIpc) is 3.53. The van der Waals surface area contributed by atoms with E-state index in [0.717, 1.165) is 56.0 Å². The first-order chi connectivity index (χ1) is 21.3. The van der Waals surface area contributed by atoms with Crippen molar-refractivity contribution >= 4 is 5.82 Å². The smallest absolute Gasteiger partial charge is 0.423 e. The molecule has 2 unspecified atom stereocenters. The van der Waals surface area contributed by atoms with Crippen LogP contribution >= 0.6 is 0 Å². The lowest BCUT2D eigenvalue weighted by molar-refractivity contribution is -0.138. The van der Waals surface area contributed by atoms with Crippen molar-refractivity contribution in [1.82, 2.24) is 25.2 Å². The predicted molar refractivity (Wildman–Crippen MR) is 163 cm³/mol. The molecule has 0 bridgehead atoms. The Kier molecular flexibility index (Phi) is 8.70. The van der Waals surface area contributed by atoms with Crippen LogP contribution in [0.4, 0.5) is 19.0 Å². The third kappa shape index (κ3) is 5.72. The SMILES string of the molecule is CCOc1ncccc1-c1ccc2c(n1)CN(C[C@H]1CCCN1)CC21CCN(c2nccc(OC)c2C(F)(F)F)CC1CC. The maximum Gasteiger partial charge on any atom is 0.423 e. The second-order valence-corrected chi connectivity index (χ2v) is 12.1. The number of fused-ring (bicyclic) bond motifs is 2. The largest absolute Gasteiger partial charge is 0.496 e. The van der Waals surface area contributed by atoms with Crippen LogP contribution in [0.2, 0.25) is 0 Å². The van der Waals surface area contributed by atoms with E-state index in [2.05, 4.69) is 39.2 Å². The molecular formula is C33H41F3N6O2. The van der Waals surface area contributed by atoms with Crippen molar-refractivity contribution in [3.05, 3.63) is 59.5 Å². The van der Waals surface area contributed by atoms with E-state index in [0.29, 0.717) is 38.0 Å². The topological polar surface area (TPSA) is 75.6 Å². The maximum atomic E-state index is 14.3. The Morgan fingerprint density at radius 2 is 1.98 bits per heavy atom. The van der Waals surface area contributed by atoms with Crippen molar-refractivity contribution < 1.29 is 22.6 Å². The zero-order chi connectivity index (χ0) is 30.9. The van der Waals surface area contributed by atoms with Gasteiger partial charge in [-0.05, 0) is 68.5 Å². The fourth-order valence-electron chi connectivity index (χ4n) is 7.62. The number of halogens is 3. The van der Waals surface area contributed by atoms with E-state index in [1.165, 1.54) is 31.4 Å². The van der Waals surface area contributed by atoms with Crippen LogP contribution in [0.1, 0.15) is 56.4 Å². The predicted octanol–water partition coefficient (Wildman–Crippen LogP) is 5.71. The first kappa shape index (κ1) is 30.6. The molecule has 0 saturated carbocycles. The highest BCUT2D eigenvalue weighted by Crippen LogP contribution is 2.49. The Bertz CT molecular complexity index is 1460. The Morgan fingerprint density at radius 1 is 1.11 bits per heavy atom. The number of piperidine rings is 1. The lowest BCUT2D eigenvalue weighted by Gasteiger charge is -2.53. The summed E-state index contributed by atoms with van der Waals surface area (Å²) in [5.41, 5.74) is 2.85. The highest BCUT2D eigenvalue weighted by molar-refractivity contribution is 5.66. The van der Waals surface area contributed by atoms with Crippen molar-refractivity contribution in [2.45, 2.75) is 63.7 Å². The zero-order valence-corrected chi connectivity index (χ0v) is 25.7. The van der Waals surface area contributed by atoms with Gasteiger partial charge in [0.15, 0.2) is 0 Å². The number of pyridine rings is 3. The molecule has 3 aliphatic rings. The van der Waals surface area contributed by atoms with Gasteiger partial charge in [0.25, 0.3) is 0 Å².